The standard InChI is InChI=1S/C18H19N3O4/c1-12(20-14-4-6-15(23-2)7-5-14)18(22)21-19-10-13-3-8-16-17(9-13)25-11-24-16/h3-10,12,20H,11H2,1-2H3,(H,21,22)/b19-10-/t12-/m1/s1. The van der Waals surface area contributed by atoms with Crippen LogP contribution in [-0.4, -0.2) is 32.1 Å². The van der Waals surface area contributed by atoms with Gasteiger partial charge in [-0.25, -0.2) is 5.43 Å². The Hall–Kier alpha value is -3.22. The second kappa shape index (κ2) is 7.57. The number of hydrogen-bond donors (Lipinski definition) is 2. The second-order valence-corrected chi connectivity index (χ2v) is 5.44. The van der Waals surface area contributed by atoms with Gasteiger partial charge >= 0.3 is 0 Å². The van der Waals surface area contributed by atoms with Crippen molar-refractivity contribution in [3.05, 3.63) is 48.0 Å². The van der Waals surface area contributed by atoms with Crippen LogP contribution < -0.4 is 25.0 Å². The van der Waals surface area contributed by atoms with E-state index in [0.29, 0.717) is 11.5 Å². The predicted molar refractivity (Wildman–Crippen MR) is 94.4 cm³/mol. The summed E-state index contributed by atoms with van der Waals surface area (Å²) >= 11 is 0. The van der Waals surface area contributed by atoms with E-state index in [1.165, 1.54) is 0 Å². The number of carbonyl (C=O) groups excluding carboxylic acids is 1. The van der Waals surface area contributed by atoms with Crippen molar-refractivity contribution in [3.8, 4) is 17.2 Å². The maximum Gasteiger partial charge on any atom is 0.262 e. The normalized spacial score (nSPS) is 13.5. The van der Waals surface area contributed by atoms with Gasteiger partial charge in [-0.1, -0.05) is 0 Å². The molecule has 3 rings (SSSR count). The zero-order chi connectivity index (χ0) is 17.6. The number of amides is 1. The first-order valence-corrected chi connectivity index (χ1v) is 7.79. The first-order valence-electron chi connectivity index (χ1n) is 7.79. The fourth-order valence-electron chi connectivity index (χ4n) is 2.26. The third-order valence-electron chi connectivity index (χ3n) is 3.65. The Morgan fingerprint density at radius 2 is 1.96 bits per heavy atom. The molecule has 2 N–H and O–H groups in total. The molecule has 0 aliphatic carbocycles. The highest BCUT2D eigenvalue weighted by Gasteiger charge is 2.13. The van der Waals surface area contributed by atoms with E-state index in [9.17, 15) is 4.79 Å². The molecule has 1 atom stereocenters. The van der Waals surface area contributed by atoms with Crippen LogP contribution in [0.15, 0.2) is 47.6 Å². The minimum Gasteiger partial charge on any atom is -0.497 e. The molecule has 2 aromatic carbocycles. The third-order valence-corrected chi connectivity index (χ3v) is 3.65. The number of fused-ring (bicyclic) bond motifs is 1. The van der Waals surface area contributed by atoms with Crippen molar-refractivity contribution in [1.29, 1.82) is 0 Å². The highest BCUT2D eigenvalue weighted by molar-refractivity contribution is 5.86. The van der Waals surface area contributed by atoms with Crippen LogP contribution >= 0.6 is 0 Å². The molecule has 130 valence electrons. The second-order valence-electron chi connectivity index (χ2n) is 5.44. The number of nitrogens with one attached hydrogen (secondary N) is 2. The average molecular weight is 341 g/mol. The van der Waals surface area contributed by atoms with Gasteiger partial charge in [0.1, 0.15) is 11.8 Å². The van der Waals surface area contributed by atoms with Gasteiger partial charge in [0.05, 0.1) is 13.3 Å². The first-order chi connectivity index (χ1) is 12.2. The van der Waals surface area contributed by atoms with Gasteiger partial charge in [0, 0.05) is 5.69 Å². The summed E-state index contributed by atoms with van der Waals surface area (Å²) in [5.41, 5.74) is 4.14. The molecule has 2 aromatic rings. The Labute approximate surface area is 145 Å². The van der Waals surface area contributed by atoms with Gasteiger partial charge in [0.15, 0.2) is 11.5 Å². The minimum absolute atomic E-state index is 0.223. The summed E-state index contributed by atoms with van der Waals surface area (Å²) in [6.45, 7) is 1.98. The van der Waals surface area contributed by atoms with E-state index in [1.54, 1.807) is 32.4 Å². The summed E-state index contributed by atoms with van der Waals surface area (Å²) in [7, 11) is 1.61. The molecule has 0 unspecified atom stereocenters. The van der Waals surface area contributed by atoms with Gasteiger partial charge in [-0.2, -0.15) is 5.10 Å². The lowest BCUT2D eigenvalue weighted by Gasteiger charge is -2.13. The quantitative estimate of drug-likeness (QED) is 0.623. The summed E-state index contributed by atoms with van der Waals surface area (Å²) in [5.74, 6) is 1.90. The molecule has 0 saturated carbocycles. The number of carbonyl (C=O) groups is 1. The summed E-state index contributed by atoms with van der Waals surface area (Å²) in [4.78, 5) is 12.1. The monoisotopic (exact) mass is 341 g/mol. The molecule has 7 heteroatoms. The zero-order valence-electron chi connectivity index (χ0n) is 14.0. The molecule has 25 heavy (non-hydrogen) atoms. The lowest BCUT2D eigenvalue weighted by atomic mass is 10.2. The van der Waals surface area contributed by atoms with Crippen LogP contribution in [0.5, 0.6) is 17.2 Å². The van der Waals surface area contributed by atoms with E-state index in [1.807, 2.05) is 30.3 Å². The lowest BCUT2D eigenvalue weighted by molar-refractivity contribution is -0.121. The number of ether oxygens (including phenoxy) is 3. The number of nitrogens with zero attached hydrogens (tertiary/aromatic N) is 1. The fourth-order valence-corrected chi connectivity index (χ4v) is 2.26. The average Bonchev–Trinajstić information content (AvgIpc) is 3.10. The molecule has 7 nitrogen and oxygen atoms in total. The van der Waals surface area contributed by atoms with Gasteiger partial charge in [-0.05, 0) is 55.0 Å². The van der Waals surface area contributed by atoms with Crippen molar-refractivity contribution in [2.24, 2.45) is 5.10 Å². The van der Waals surface area contributed by atoms with E-state index in [-0.39, 0.29) is 12.7 Å². The Morgan fingerprint density at radius 1 is 1.20 bits per heavy atom. The molecule has 0 radical (unpaired) electrons. The Balaban J connectivity index is 1.52. The zero-order valence-corrected chi connectivity index (χ0v) is 14.0. The molecule has 0 bridgehead atoms. The Morgan fingerprint density at radius 3 is 2.72 bits per heavy atom. The van der Waals surface area contributed by atoms with E-state index in [4.69, 9.17) is 14.2 Å². The maximum absolute atomic E-state index is 12.1. The number of hydrogen-bond acceptors (Lipinski definition) is 6. The molecular weight excluding hydrogens is 322 g/mol. The van der Waals surface area contributed by atoms with E-state index in [0.717, 1.165) is 17.0 Å². The number of benzene rings is 2. The van der Waals surface area contributed by atoms with Crippen LogP contribution in [0.1, 0.15) is 12.5 Å². The van der Waals surface area contributed by atoms with Crippen LogP contribution in [0.4, 0.5) is 5.69 Å². The number of anilines is 1. The highest BCUT2D eigenvalue weighted by Crippen LogP contribution is 2.31. The van der Waals surface area contributed by atoms with Crippen molar-refractivity contribution in [1.82, 2.24) is 5.43 Å². The van der Waals surface area contributed by atoms with Crippen molar-refractivity contribution in [2.75, 3.05) is 19.2 Å². The molecule has 0 spiro atoms. The van der Waals surface area contributed by atoms with Crippen molar-refractivity contribution in [2.45, 2.75) is 13.0 Å². The Bertz CT molecular complexity index is 774. The molecule has 0 fully saturated rings. The van der Waals surface area contributed by atoms with Crippen LogP contribution in [0, 0.1) is 0 Å². The van der Waals surface area contributed by atoms with E-state index < -0.39 is 6.04 Å². The highest BCUT2D eigenvalue weighted by atomic mass is 16.7. The lowest BCUT2D eigenvalue weighted by Crippen LogP contribution is -2.34. The molecule has 1 amide bonds. The van der Waals surface area contributed by atoms with Gasteiger partial charge < -0.3 is 19.5 Å². The minimum atomic E-state index is -0.442. The Kier molecular flexibility index (Phi) is 5.03. The van der Waals surface area contributed by atoms with Crippen molar-refractivity contribution >= 4 is 17.8 Å². The maximum atomic E-state index is 12.1. The summed E-state index contributed by atoms with van der Waals surface area (Å²) in [5, 5.41) is 7.07. The summed E-state index contributed by atoms with van der Waals surface area (Å²) in [6, 6.07) is 12.3. The number of methoxy groups -OCH3 is 1. The number of hydrazone groups is 1. The van der Waals surface area contributed by atoms with Crippen LogP contribution in [0.2, 0.25) is 0 Å². The van der Waals surface area contributed by atoms with E-state index >= 15 is 0 Å². The summed E-state index contributed by atoms with van der Waals surface area (Å²) < 4.78 is 15.6. The van der Waals surface area contributed by atoms with Crippen LogP contribution in [0.3, 0.4) is 0 Å². The predicted octanol–water partition coefficient (Wildman–Crippen LogP) is 2.37. The first kappa shape index (κ1) is 16.6. The summed E-state index contributed by atoms with van der Waals surface area (Å²) in [6.07, 6.45) is 1.56. The molecule has 1 aliphatic heterocycles. The van der Waals surface area contributed by atoms with E-state index in [2.05, 4.69) is 15.8 Å². The topological polar surface area (TPSA) is 81.2 Å². The van der Waals surface area contributed by atoms with Gasteiger partial charge in [0.25, 0.3) is 5.91 Å². The molecular formula is C18H19N3O4. The molecule has 1 heterocycles. The van der Waals surface area contributed by atoms with Crippen LogP contribution in [-0.2, 0) is 4.79 Å². The van der Waals surface area contributed by atoms with Gasteiger partial charge in [-0.3, -0.25) is 4.79 Å². The van der Waals surface area contributed by atoms with Crippen molar-refractivity contribution < 1.29 is 19.0 Å². The molecule has 0 saturated heterocycles. The largest absolute Gasteiger partial charge is 0.497 e. The van der Waals surface area contributed by atoms with Gasteiger partial charge in [0.2, 0.25) is 6.79 Å². The molecule has 1 aliphatic rings. The van der Waals surface area contributed by atoms with Gasteiger partial charge in [-0.15, -0.1) is 0 Å². The smallest absolute Gasteiger partial charge is 0.262 e. The number of rotatable bonds is 6. The van der Waals surface area contributed by atoms with Crippen molar-refractivity contribution in [3.63, 3.8) is 0 Å². The SMILES string of the molecule is COc1ccc(N[C@H](C)C(=O)N/N=C\c2ccc3c(c2)OCO3)cc1. The fraction of sp³-hybridized carbons (Fsp3) is 0.222. The third kappa shape index (κ3) is 4.20. The molecule has 0 aromatic heterocycles. The van der Waals surface area contributed by atoms with Crippen LogP contribution in [0.25, 0.3) is 0 Å².